The fraction of sp³-hybridized carbons (Fsp3) is 0. The second-order valence-corrected chi connectivity index (χ2v) is 10.2. The summed E-state index contributed by atoms with van der Waals surface area (Å²) in [6.07, 6.45) is 0. The molecule has 0 unspecified atom stereocenters. The molecule has 38 heavy (non-hydrogen) atoms. The molecule has 0 amide bonds. The molecular formula is C38H24. The van der Waals surface area contributed by atoms with E-state index in [0.717, 1.165) is 0 Å². The zero-order chi connectivity index (χ0) is 25.1. The zero-order valence-corrected chi connectivity index (χ0v) is 20.9. The molecule has 0 fully saturated rings. The summed E-state index contributed by atoms with van der Waals surface area (Å²) in [5.74, 6) is 0. The van der Waals surface area contributed by atoms with E-state index >= 15 is 0 Å². The topological polar surface area (TPSA) is 0 Å². The summed E-state index contributed by atoms with van der Waals surface area (Å²) in [6.45, 7) is 0. The molecule has 0 N–H and O–H groups in total. The van der Waals surface area contributed by atoms with Crippen molar-refractivity contribution in [2.75, 3.05) is 0 Å². The van der Waals surface area contributed by atoms with Crippen LogP contribution < -0.4 is 0 Å². The van der Waals surface area contributed by atoms with Crippen LogP contribution in [-0.4, -0.2) is 0 Å². The quantitative estimate of drug-likeness (QED) is 0.216. The summed E-state index contributed by atoms with van der Waals surface area (Å²) in [6, 6.07) is 53.5. The molecule has 8 aromatic rings. The Hall–Kier alpha value is -4.94. The molecule has 8 rings (SSSR count). The van der Waals surface area contributed by atoms with Crippen LogP contribution in [-0.2, 0) is 0 Å². The molecule has 0 nitrogen and oxygen atoms in total. The average Bonchev–Trinajstić information content (AvgIpc) is 2.98. The van der Waals surface area contributed by atoms with Crippen molar-refractivity contribution < 1.29 is 0 Å². The van der Waals surface area contributed by atoms with Crippen LogP contribution in [0.5, 0.6) is 0 Å². The van der Waals surface area contributed by atoms with Gasteiger partial charge < -0.3 is 0 Å². The van der Waals surface area contributed by atoms with Crippen molar-refractivity contribution in [2.45, 2.75) is 0 Å². The third kappa shape index (κ3) is 3.31. The Morgan fingerprint density at radius 3 is 1.32 bits per heavy atom. The largest absolute Gasteiger partial charge is 0.0616 e. The van der Waals surface area contributed by atoms with Crippen LogP contribution >= 0.6 is 0 Å². The van der Waals surface area contributed by atoms with Crippen molar-refractivity contribution in [2.24, 2.45) is 0 Å². The van der Waals surface area contributed by atoms with Gasteiger partial charge in [-0.3, -0.25) is 0 Å². The minimum atomic E-state index is 1.25. The van der Waals surface area contributed by atoms with Gasteiger partial charge in [0.25, 0.3) is 0 Å². The second-order valence-electron chi connectivity index (χ2n) is 10.2. The van der Waals surface area contributed by atoms with Gasteiger partial charge in [0.2, 0.25) is 0 Å². The van der Waals surface area contributed by atoms with Gasteiger partial charge in [-0.15, -0.1) is 0 Å². The first-order chi connectivity index (χ1) is 18.8. The molecule has 0 saturated heterocycles. The molecule has 0 bridgehead atoms. The minimum absolute atomic E-state index is 1.25. The van der Waals surface area contributed by atoms with Crippen molar-refractivity contribution in [3.05, 3.63) is 146 Å². The summed E-state index contributed by atoms with van der Waals surface area (Å²) in [5.41, 5.74) is 5.07. The van der Waals surface area contributed by atoms with Gasteiger partial charge in [0.1, 0.15) is 0 Å². The lowest BCUT2D eigenvalue weighted by Gasteiger charge is -2.15. The maximum absolute atomic E-state index is 2.40. The molecule has 0 spiro atoms. The van der Waals surface area contributed by atoms with E-state index in [2.05, 4.69) is 146 Å². The molecule has 0 aliphatic carbocycles. The van der Waals surface area contributed by atoms with Crippen molar-refractivity contribution in [3.63, 3.8) is 0 Å². The van der Waals surface area contributed by atoms with Gasteiger partial charge in [-0.2, -0.15) is 0 Å². The van der Waals surface area contributed by atoms with Crippen molar-refractivity contribution in [3.8, 4) is 22.3 Å². The third-order valence-electron chi connectivity index (χ3n) is 7.96. The highest BCUT2D eigenvalue weighted by atomic mass is 14.2. The van der Waals surface area contributed by atoms with Crippen LogP contribution in [0.1, 0.15) is 0 Å². The Kier molecular flexibility index (Phi) is 4.62. The molecule has 0 aromatic heterocycles. The molecule has 0 saturated carbocycles. The lowest BCUT2D eigenvalue weighted by Crippen LogP contribution is -1.89. The van der Waals surface area contributed by atoms with Crippen molar-refractivity contribution in [1.82, 2.24) is 0 Å². The minimum Gasteiger partial charge on any atom is -0.0616 e. The van der Waals surface area contributed by atoms with E-state index in [1.54, 1.807) is 0 Å². The first-order valence-corrected chi connectivity index (χ1v) is 13.2. The van der Waals surface area contributed by atoms with E-state index in [1.807, 2.05) is 0 Å². The van der Waals surface area contributed by atoms with E-state index in [9.17, 15) is 0 Å². The SMILES string of the molecule is c1ccc2cc3c(-c4cc(-c5cccc6cc7ccccc7cc56)c5ccccc5c4)cccc3cc2c1. The fourth-order valence-electron chi connectivity index (χ4n) is 6.11. The number of benzene rings is 8. The zero-order valence-electron chi connectivity index (χ0n) is 20.9. The van der Waals surface area contributed by atoms with Gasteiger partial charge in [0, 0.05) is 0 Å². The average molecular weight is 481 g/mol. The van der Waals surface area contributed by atoms with E-state index in [4.69, 9.17) is 0 Å². The Labute approximate surface area is 221 Å². The van der Waals surface area contributed by atoms with Crippen LogP contribution in [0.25, 0.3) is 76.1 Å². The van der Waals surface area contributed by atoms with Gasteiger partial charge in [-0.1, -0.05) is 109 Å². The molecule has 0 aliphatic rings. The predicted molar refractivity (Wildman–Crippen MR) is 165 cm³/mol. The van der Waals surface area contributed by atoms with Crippen LogP contribution in [0, 0.1) is 0 Å². The maximum atomic E-state index is 2.40. The highest BCUT2D eigenvalue weighted by molar-refractivity contribution is 6.12. The number of rotatable bonds is 2. The van der Waals surface area contributed by atoms with E-state index < -0.39 is 0 Å². The lowest BCUT2D eigenvalue weighted by molar-refractivity contribution is 1.66. The fourth-order valence-corrected chi connectivity index (χ4v) is 6.11. The molecule has 0 atom stereocenters. The third-order valence-corrected chi connectivity index (χ3v) is 7.96. The highest BCUT2D eigenvalue weighted by Crippen LogP contribution is 2.40. The standard InChI is InChI=1S/C38H24/c1-3-11-27-22-36-30(19-25(27)9-1)14-7-17-34(36)32-21-29-13-5-6-16-33(29)38(24-32)35-18-8-15-31-20-26-10-2-4-12-28(26)23-37(31)35/h1-24H. The van der Waals surface area contributed by atoms with Gasteiger partial charge >= 0.3 is 0 Å². The van der Waals surface area contributed by atoms with E-state index in [0.29, 0.717) is 0 Å². The van der Waals surface area contributed by atoms with Gasteiger partial charge in [0.15, 0.2) is 0 Å². The monoisotopic (exact) mass is 480 g/mol. The highest BCUT2D eigenvalue weighted by Gasteiger charge is 2.13. The lowest BCUT2D eigenvalue weighted by atomic mass is 9.88. The summed E-state index contributed by atoms with van der Waals surface area (Å²) in [7, 11) is 0. The van der Waals surface area contributed by atoms with E-state index in [-0.39, 0.29) is 0 Å². The number of hydrogen-bond donors (Lipinski definition) is 0. The summed E-state index contributed by atoms with van der Waals surface area (Å²) in [5, 5.41) is 12.8. The number of hydrogen-bond acceptors (Lipinski definition) is 0. The Balaban J connectivity index is 1.44. The molecule has 0 radical (unpaired) electrons. The van der Waals surface area contributed by atoms with Crippen molar-refractivity contribution >= 4 is 53.9 Å². The summed E-state index contributed by atoms with van der Waals surface area (Å²) >= 11 is 0. The molecule has 0 aliphatic heterocycles. The van der Waals surface area contributed by atoms with Crippen LogP contribution in [0.15, 0.2) is 146 Å². The van der Waals surface area contributed by atoms with Crippen LogP contribution in [0.3, 0.4) is 0 Å². The van der Waals surface area contributed by atoms with Crippen LogP contribution in [0.2, 0.25) is 0 Å². The summed E-state index contributed by atoms with van der Waals surface area (Å²) in [4.78, 5) is 0. The first kappa shape index (κ1) is 21.2. The second kappa shape index (κ2) is 8.30. The molecular weight excluding hydrogens is 456 g/mol. The van der Waals surface area contributed by atoms with Crippen LogP contribution in [0.4, 0.5) is 0 Å². The smallest absolute Gasteiger partial charge is 0.00930 e. The van der Waals surface area contributed by atoms with Gasteiger partial charge in [-0.25, -0.2) is 0 Å². The van der Waals surface area contributed by atoms with Gasteiger partial charge in [0.05, 0.1) is 0 Å². The Morgan fingerprint density at radius 1 is 0.237 bits per heavy atom. The van der Waals surface area contributed by atoms with Crippen molar-refractivity contribution in [1.29, 1.82) is 0 Å². The molecule has 0 heterocycles. The molecule has 176 valence electrons. The Bertz CT molecular complexity index is 2180. The maximum Gasteiger partial charge on any atom is -0.00930 e. The van der Waals surface area contributed by atoms with Gasteiger partial charge in [-0.05, 0) is 113 Å². The normalized spacial score (nSPS) is 11.7. The Morgan fingerprint density at radius 2 is 0.684 bits per heavy atom. The predicted octanol–water partition coefficient (Wildman–Crippen LogP) is 10.8. The molecule has 0 heteroatoms. The number of fused-ring (bicyclic) bond motifs is 5. The first-order valence-electron chi connectivity index (χ1n) is 13.2. The molecule has 8 aromatic carbocycles. The summed E-state index contributed by atoms with van der Waals surface area (Å²) < 4.78 is 0. The van der Waals surface area contributed by atoms with E-state index in [1.165, 1.54) is 76.1 Å².